The molecule has 0 saturated heterocycles. The summed E-state index contributed by atoms with van der Waals surface area (Å²) in [6, 6.07) is 10.1. The van der Waals surface area contributed by atoms with Crippen LogP contribution >= 0.6 is 0 Å². The van der Waals surface area contributed by atoms with Gasteiger partial charge in [-0.05, 0) is 42.5 Å². The van der Waals surface area contributed by atoms with Crippen LogP contribution in [0.1, 0.15) is 27.2 Å². The van der Waals surface area contributed by atoms with E-state index < -0.39 is 11.7 Å². The molecule has 1 aliphatic rings. The minimum atomic E-state index is -4.41. The van der Waals surface area contributed by atoms with Gasteiger partial charge in [-0.15, -0.1) is 0 Å². The zero-order chi connectivity index (χ0) is 19.2. The number of aromatic nitrogens is 1. The normalized spacial score (nSPS) is 14.3. The number of aromatic amines is 1. The molecule has 0 aliphatic carbocycles. The van der Waals surface area contributed by atoms with Crippen LogP contribution in [0.15, 0.2) is 42.5 Å². The Bertz CT molecular complexity index is 1010. The molecule has 0 atom stereocenters. The average molecular weight is 374 g/mol. The van der Waals surface area contributed by atoms with E-state index in [4.69, 9.17) is 4.74 Å². The van der Waals surface area contributed by atoms with Gasteiger partial charge >= 0.3 is 6.18 Å². The molecule has 1 aliphatic heterocycles. The summed E-state index contributed by atoms with van der Waals surface area (Å²) in [7, 11) is 1.60. The number of nitrogens with zero attached hydrogens (tertiary/aromatic N) is 1. The molecule has 2 heterocycles. The number of carbonyl (C=O) groups excluding carboxylic acids is 1. The van der Waals surface area contributed by atoms with Gasteiger partial charge in [0.1, 0.15) is 5.75 Å². The van der Waals surface area contributed by atoms with Gasteiger partial charge in [-0.1, -0.05) is 0 Å². The number of methoxy groups -OCH3 is 1. The summed E-state index contributed by atoms with van der Waals surface area (Å²) in [5.41, 5.74) is 2.57. The number of hydrogen-bond acceptors (Lipinski definition) is 2. The first-order valence-electron chi connectivity index (χ1n) is 8.51. The van der Waals surface area contributed by atoms with Crippen molar-refractivity contribution in [3.63, 3.8) is 0 Å². The summed E-state index contributed by atoms with van der Waals surface area (Å²) in [4.78, 5) is 17.8. The summed E-state index contributed by atoms with van der Waals surface area (Å²) in [6.07, 6.45) is -3.75. The largest absolute Gasteiger partial charge is 0.497 e. The van der Waals surface area contributed by atoms with Crippen LogP contribution in [0.25, 0.3) is 10.9 Å². The molecule has 1 N–H and O–H groups in total. The second kappa shape index (κ2) is 6.33. The molecular formula is C20H17F3N2O2. The number of H-pyrrole nitrogens is 1. The van der Waals surface area contributed by atoms with Crippen molar-refractivity contribution < 1.29 is 22.7 Å². The van der Waals surface area contributed by atoms with E-state index in [0.717, 1.165) is 40.0 Å². The highest BCUT2D eigenvalue weighted by atomic mass is 19.4. The van der Waals surface area contributed by atoms with Crippen molar-refractivity contribution in [2.24, 2.45) is 0 Å². The molecule has 0 bridgehead atoms. The highest BCUT2D eigenvalue weighted by molar-refractivity contribution is 5.95. The van der Waals surface area contributed by atoms with Crippen molar-refractivity contribution in [2.45, 2.75) is 19.1 Å². The van der Waals surface area contributed by atoms with Crippen molar-refractivity contribution in [3.05, 3.63) is 64.8 Å². The zero-order valence-corrected chi connectivity index (χ0v) is 14.6. The first kappa shape index (κ1) is 17.5. The Hall–Kier alpha value is -2.96. The van der Waals surface area contributed by atoms with Gasteiger partial charge < -0.3 is 14.6 Å². The van der Waals surface area contributed by atoms with E-state index in [9.17, 15) is 18.0 Å². The highest BCUT2D eigenvalue weighted by Crippen LogP contribution is 2.32. The monoisotopic (exact) mass is 374 g/mol. The van der Waals surface area contributed by atoms with Crippen LogP contribution in [-0.4, -0.2) is 29.4 Å². The highest BCUT2D eigenvalue weighted by Gasteiger charge is 2.31. The fraction of sp³-hybridized carbons (Fsp3) is 0.250. The van der Waals surface area contributed by atoms with Crippen molar-refractivity contribution in [1.82, 2.24) is 9.88 Å². The van der Waals surface area contributed by atoms with Crippen molar-refractivity contribution in [1.29, 1.82) is 0 Å². The molecule has 0 saturated carbocycles. The van der Waals surface area contributed by atoms with Crippen molar-refractivity contribution in [2.75, 3.05) is 13.7 Å². The Morgan fingerprint density at radius 2 is 1.89 bits per heavy atom. The molecule has 0 fully saturated rings. The Kier molecular flexibility index (Phi) is 4.09. The third kappa shape index (κ3) is 3.13. The van der Waals surface area contributed by atoms with E-state index >= 15 is 0 Å². The summed E-state index contributed by atoms with van der Waals surface area (Å²) in [5.74, 6) is 0.460. The molecule has 7 heteroatoms. The van der Waals surface area contributed by atoms with E-state index in [0.29, 0.717) is 19.5 Å². The molecule has 140 valence electrons. The average Bonchev–Trinajstić information content (AvgIpc) is 3.03. The first-order chi connectivity index (χ1) is 12.9. The third-order valence-corrected chi connectivity index (χ3v) is 4.93. The number of benzene rings is 2. The van der Waals surface area contributed by atoms with Gasteiger partial charge in [0.25, 0.3) is 5.91 Å². The summed E-state index contributed by atoms with van der Waals surface area (Å²) >= 11 is 0. The number of alkyl halides is 3. The van der Waals surface area contributed by atoms with Crippen LogP contribution in [0.4, 0.5) is 13.2 Å². The Morgan fingerprint density at radius 1 is 1.15 bits per heavy atom. The maximum atomic E-state index is 12.8. The third-order valence-electron chi connectivity index (χ3n) is 4.93. The Balaban J connectivity index is 1.61. The summed E-state index contributed by atoms with van der Waals surface area (Å²) < 4.78 is 43.4. The van der Waals surface area contributed by atoms with Gasteiger partial charge in [0.05, 0.1) is 12.7 Å². The fourth-order valence-corrected chi connectivity index (χ4v) is 3.48. The molecule has 0 unspecified atom stereocenters. The van der Waals surface area contributed by atoms with Gasteiger partial charge in [0.15, 0.2) is 0 Å². The molecule has 3 aromatic rings. The molecular weight excluding hydrogens is 357 g/mol. The molecule has 1 aromatic heterocycles. The zero-order valence-electron chi connectivity index (χ0n) is 14.6. The number of carbonyl (C=O) groups is 1. The summed E-state index contributed by atoms with van der Waals surface area (Å²) in [6.45, 7) is 0.916. The van der Waals surface area contributed by atoms with Gasteiger partial charge in [-0.3, -0.25) is 4.79 Å². The number of nitrogens with one attached hydrogen (secondary N) is 1. The molecule has 27 heavy (non-hydrogen) atoms. The van der Waals surface area contributed by atoms with Crippen LogP contribution in [0, 0.1) is 0 Å². The van der Waals surface area contributed by atoms with E-state index in [1.54, 1.807) is 12.0 Å². The maximum Gasteiger partial charge on any atom is 0.416 e. The molecule has 4 rings (SSSR count). The van der Waals surface area contributed by atoms with Crippen LogP contribution in [0.3, 0.4) is 0 Å². The van der Waals surface area contributed by atoms with Crippen LogP contribution in [0.2, 0.25) is 0 Å². The minimum absolute atomic E-state index is 0.254. The summed E-state index contributed by atoms with van der Waals surface area (Å²) in [5, 5.41) is 0.995. The molecule has 4 nitrogen and oxygen atoms in total. The first-order valence-corrected chi connectivity index (χ1v) is 8.51. The fourth-order valence-electron chi connectivity index (χ4n) is 3.48. The smallest absolute Gasteiger partial charge is 0.416 e. The number of amides is 1. The van der Waals surface area contributed by atoms with E-state index in [2.05, 4.69) is 4.98 Å². The SMILES string of the molecule is COc1ccc2[nH]c3c(c2c1)CN(C(=O)c1ccc(C(F)(F)F)cc1)CC3. The van der Waals surface area contributed by atoms with E-state index in [1.165, 1.54) is 12.1 Å². The predicted octanol–water partition coefficient (Wildman–Crippen LogP) is 4.39. The molecule has 0 radical (unpaired) electrons. The quantitative estimate of drug-likeness (QED) is 0.723. The van der Waals surface area contributed by atoms with E-state index in [-0.39, 0.29) is 11.5 Å². The predicted molar refractivity (Wildman–Crippen MR) is 94.7 cm³/mol. The lowest BCUT2D eigenvalue weighted by Gasteiger charge is -2.27. The van der Waals surface area contributed by atoms with Gasteiger partial charge in [-0.2, -0.15) is 13.2 Å². The van der Waals surface area contributed by atoms with Crippen molar-refractivity contribution in [3.8, 4) is 5.75 Å². The Labute approximate surface area is 153 Å². The number of ether oxygens (including phenoxy) is 1. The molecule has 1 amide bonds. The van der Waals surface area contributed by atoms with E-state index in [1.807, 2.05) is 18.2 Å². The van der Waals surface area contributed by atoms with Gasteiger partial charge in [-0.25, -0.2) is 0 Å². The second-order valence-electron chi connectivity index (χ2n) is 6.55. The molecule has 0 spiro atoms. The van der Waals surface area contributed by atoms with Crippen LogP contribution in [0.5, 0.6) is 5.75 Å². The number of rotatable bonds is 2. The van der Waals surface area contributed by atoms with Crippen LogP contribution < -0.4 is 4.74 Å². The van der Waals surface area contributed by atoms with Crippen LogP contribution in [-0.2, 0) is 19.1 Å². The lowest BCUT2D eigenvalue weighted by Crippen LogP contribution is -2.35. The Morgan fingerprint density at radius 3 is 2.56 bits per heavy atom. The molecule has 2 aromatic carbocycles. The lowest BCUT2D eigenvalue weighted by atomic mass is 10.0. The van der Waals surface area contributed by atoms with Gasteiger partial charge in [0, 0.05) is 47.2 Å². The second-order valence-corrected chi connectivity index (χ2v) is 6.55. The maximum absolute atomic E-state index is 12.8. The van der Waals surface area contributed by atoms with Gasteiger partial charge in [0.2, 0.25) is 0 Å². The van der Waals surface area contributed by atoms with Crippen molar-refractivity contribution >= 4 is 16.8 Å². The number of halogens is 3. The number of fused-ring (bicyclic) bond motifs is 3. The number of hydrogen-bond donors (Lipinski definition) is 1. The standard InChI is InChI=1S/C20H17F3N2O2/c1-27-14-6-7-17-15(10-14)16-11-25(9-8-18(16)24-17)19(26)12-2-4-13(5-3-12)20(21,22)23/h2-7,10,24H,8-9,11H2,1H3. The minimum Gasteiger partial charge on any atom is -0.497 e. The lowest BCUT2D eigenvalue weighted by molar-refractivity contribution is -0.137. The topological polar surface area (TPSA) is 45.3 Å².